The molecule has 12 rings (SSSR count). The number of hydrogen-bond donors (Lipinski definition) is 0. The molecule has 0 saturated heterocycles. The van der Waals surface area contributed by atoms with E-state index < -0.39 is 0 Å². The van der Waals surface area contributed by atoms with E-state index in [0.29, 0.717) is 0 Å². The number of hydrogen-bond acceptors (Lipinski definition) is 1. The van der Waals surface area contributed by atoms with Gasteiger partial charge in [0.2, 0.25) is 13.4 Å². The van der Waals surface area contributed by atoms with E-state index in [4.69, 9.17) is 4.98 Å². The van der Waals surface area contributed by atoms with Crippen molar-refractivity contribution < 1.29 is 0 Å². The van der Waals surface area contributed by atoms with Crippen LogP contribution in [0.3, 0.4) is 0 Å². The molecule has 5 aromatic carbocycles. The summed E-state index contributed by atoms with van der Waals surface area (Å²) in [4.78, 5) is 5.93. The molecule has 4 aliphatic carbocycles. The van der Waals surface area contributed by atoms with Crippen LogP contribution in [0.25, 0.3) is 27.5 Å². The van der Waals surface area contributed by atoms with E-state index in [1.165, 1.54) is 116 Å². The summed E-state index contributed by atoms with van der Waals surface area (Å²) in [7, 11) is 0. The van der Waals surface area contributed by atoms with Crippen LogP contribution in [-0.4, -0.2) is 23.0 Å². The van der Waals surface area contributed by atoms with Crippen molar-refractivity contribution in [2.24, 2.45) is 5.41 Å². The largest absolute Gasteiger partial charge is 0.297 e. The smallest absolute Gasteiger partial charge is 0.245 e. The predicted molar refractivity (Wildman–Crippen MR) is 256 cm³/mol. The standard InChI is InChI=1S/C55H64B2N2/c1-32-18-19-33-16-14-15-17-35(33)46(32)56-39-28-36-37(55(13)24-22-54(36,12)23-25-55)29-40(39)57-42-30-38-45(53(10,11)21-20-52(38,8)9)48-49(42)59(44(58-48)31-50(2,3)4)43-27-34(51(5,6)7)26-41(56)47(43)57/h14-19,26-30H,20-25,31H2,1-13H3. The van der Waals surface area contributed by atoms with Gasteiger partial charge in [-0.05, 0) is 134 Å². The van der Waals surface area contributed by atoms with Crippen LogP contribution in [0.4, 0.5) is 0 Å². The third-order valence-corrected chi connectivity index (χ3v) is 16.8. The molecule has 1 aromatic heterocycles. The van der Waals surface area contributed by atoms with E-state index in [2.05, 4.69) is 161 Å². The summed E-state index contributed by atoms with van der Waals surface area (Å²) in [5.74, 6) is 1.22. The van der Waals surface area contributed by atoms with Gasteiger partial charge >= 0.3 is 0 Å². The van der Waals surface area contributed by atoms with Crippen LogP contribution < -0.4 is 32.8 Å². The Labute approximate surface area is 355 Å². The normalized spacial score (nSPS) is 23.3. The number of imidazole rings is 1. The first kappa shape index (κ1) is 37.9. The second-order valence-electron chi connectivity index (χ2n) is 24.2. The fourth-order valence-electron chi connectivity index (χ4n) is 13.1. The van der Waals surface area contributed by atoms with E-state index in [1.54, 1.807) is 22.1 Å². The van der Waals surface area contributed by atoms with Crippen molar-refractivity contribution in [1.29, 1.82) is 0 Å². The molecule has 6 aromatic rings. The summed E-state index contributed by atoms with van der Waals surface area (Å²) < 4.78 is 2.71. The molecule has 4 heteroatoms. The molecule has 6 aliphatic rings. The van der Waals surface area contributed by atoms with Gasteiger partial charge < -0.3 is 0 Å². The minimum absolute atomic E-state index is 0.0389. The van der Waals surface area contributed by atoms with Crippen molar-refractivity contribution in [3.63, 3.8) is 0 Å². The van der Waals surface area contributed by atoms with Gasteiger partial charge in [-0.2, -0.15) is 0 Å². The maximum absolute atomic E-state index is 5.93. The first-order valence-electron chi connectivity index (χ1n) is 23.1. The van der Waals surface area contributed by atoms with Crippen molar-refractivity contribution in [2.75, 3.05) is 0 Å². The van der Waals surface area contributed by atoms with Gasteiger partial charge in [-0.3, -0.25) is 4.57 Å². The van der Waals surface area contributed by atoms with Gasteiger partial charge in [-0.1, -0.05) is 171 Å². The highest BCUT2D eigenvalue weighted by Gasteiger charge is 2.52. The SMILES string of the molecule is Cc1ccc2ccccc2c1B1c2cc3c(cc2B2c4c1cc(C(C)(C)C)cc4-n1c(CC(C)(C)C)nc4c5c(cc2c41)C(C)(C)CCC5(C)C)C1(C)CCC3(C)CC1. The van der Waals surface area contributed by atoms with E-state index in [-0.39, 0.29) is 45.9 Å². The van der Waals surface area contributed by atoms with Gasteiger partial charge in [-0.25, -0.2) is 4.98 Å². The van der Waals surface area contributed by atoms with Gasteiger partial charge in [0.1, 0.15) is 5.82 Å². The molecule has 300 valence electrons. The van der Waals surface area contributed by atoms with Crippen molar-refractivity contribution in [3.05, 3.63) is 106 Å². The summed E-state index contributed by atoms with van der Waals surface area (Å²) in [6.07, 6.45) is 8.45. The van der Waals surface area contributed by atoms with Crippen molar-refractivity contribution >= 4 is 68.0 Å². The molecule has 0 spiro atoms. The third-order valence-electron chi connectivity index (χ3n) is 16.8. The Morgan fingerprint density at radius 2 is 1.22 bits per heavy atom. The topological polar surface area (TPSA) is 17.8 Å². The van der Waals surface area contributed by atoms with E-state index >= 15 is 0 Å². The Kier molecular flexibility index (Phi) is 7.49. The van der Waals surface area contributed by atoms with Crippen LogP contribution in [-0.2, 0) is 33.5 Å². The highest BCUT2D eigenvalue weighted by atomic mass is 15.1. The number of rotatable bonds is 2. The minimum Gasteiger partial charge on any atom is -0.297 e. The summed E-state index contributed by atoms with van der Waals surface area (Å²) in [6.45, 7) is 32.2. The van der Waals surface area contributed by atoms with Gasteiger partial charge in [-0.15, -0.1) is 0 Å². The summed E-state index contributed by atoms with van der Waals surface area (Å²) in [5.41, 5.74) is 22.8. The molecule has 2 bridgehead atoms. The maximum atomic E-state index is 5.93. The second-order valence-corrected chi connectivity index (χ2v) is 24.2. The van der Waals surface area contributed by atoms with Gasteiger partial charge in [0.15, 0.2) is 0 Å². The zero-order chi connectivity index (χ0) is 41.6. The van der Waals surface area contributed by atoms with Crippen LogP contribution in [0.5, 0.6) is 0 Å². The molecule has 0 radical (unpaired) electrons. The van der Waals surface area contributed by atoms with Gasteiger partial charge in [0.25, 0.3) is 0 Å². The van der Waals surface area contributed by atoms with Crippen LogP contribution in [0.15, 0.2) is 66.7 Å². The first-order valence-corrected chi connectivity index (χ1v) is 23.1. The number of benzene rings is 5. The molecule has 59 heavy (non-hydrogen) atoms. The lowest BCUT2D eigenvalue weighted by Gasteiger charge is -2.53. The highest BCUT2D eigenvalue weighted by molar-refractivity contribution is 7.13. The van der Waals surface area contributed by atoms with Crippen molar-refractivity contribution in [2.45, 2.75) is 162 Å². The van der Waals surface area contributed by atoms with E-state index in [0.717, 1.165) is 6.42 Å². The lowest BCUT2D eigenvalue weighted by atomic mass is 9.19. The lowest BCUT2D eigenvalue weighted by molar-refractivity contribution is 0.188. The van der Waals surface area contributed by atoms with Gasteiger partial charge in [0.05, 0.1) is 11.0 Å². The third kappa shape index (κ3) is 5.16. The second kappa shape index (κ2) is 11.7. The van der Waals surface area contributed by atoms with Crippen LogP contribution in [0.1, 0.15) is 161 Å². The first-order chi connectivity index (χ1) is 27.6. The number of aromatic nitrogens is 2. The molecule has 3 heterocycles. The highest BCUT2D eigenvalue weighted by Crippen LogP contribution is 2.56. The number of nitrogens with zero attached hydrogens (tertiary/aromatic N) is 2. The van der Waals surface area contributed by atoms with Gasteiger partial charge in [0, 0.05) is 12.1 Å². The van der Waals surface area contributed by atoms with Crippen molar-refractivity contribution in [3.8, 4) is 5.69 Å². The number of aryl methyl sites for hydroxylation is 1. The fourth-order valence-corrected chi connectivity index (χ4v) is 13.1. The lowest BCUT2D eigenvalue weighted by Crippen LogP contribution is -2.77. The van der Waals surface area contributed by atoms with Crippen LogP contribution in [0, 0.1) is 12.3 Å². The molecule has 2 nitrogen and oxygen atoms in total. The Morgan fingerprint density at radius 3 is 1.85 bits per heavy atom. The Morgan fingerprint density at radius 1 is 0.627 bits per heavy atom. The molecule has 2 aliphatic heterocycles. The molecule has 0 N–H and O–H groups in total. The fraction of sp³-hybridized carbons (Fsp3) is 0.473. The van der Waals surface area contributed by atoms with E-state index in [9.17, 15) is 0 Å². The average molecular weight is 775 g/mol. The van der Waals surface area contributed by atoms with E-state index in [1.807, 2.05) is 0 Å². The Hall–Kier alpha value is -4.04. The molecule has 0 atom stereocenters. The Bertz CT molecular complexity index is 2830. The van der Waals surface area contributed by atoms with Crippen molar-refractivity contribution in [1.82, 2.24) is 9.55 Å². The molecular weight excluding hydrogens is 710 g/mol. The quantitative estimate of drug-likeness (QED) is 0.160. The Balaban J connectivity index is 1.36. The molecular formula is C55H64B2N2. The molecule has 0 unspecified atom stereocenters. The molecule has 1 saturated carbocycles. The zero-order valence-corrected chi connectivity index (χ0v) is 38.3. The molecule has 1 fully saturated rings. The monoisotopic (exact) mass is 775 g/mol. The number of fused-ring (bicyclic) bond motifs is 9. The predicted octanol–water partition coefficient (Wildman–Crippen LogP) is 9.48. The minimum atomic E-state index is -0.0389. The van der Waals surface area contributed by atoms with Crippen LogP contribution >= 0.6 is 0 Å². The van der Waals surface area contributed by atoms with Crippen LogP contribution in [0.2, 0.25) is 0 Å². The molecule has 0 amide bonds. The average Bonchev–Trinajstić information content (AvgIpc) is 3.52. The summed E-state index contributed by atoms with van der Waals surface area (Å²) >= 11 is 0. The summed E-state index contributed by atoms with van der Waals surface area (Å²) in [6, 6.07) is 27.5. The maximum Gasteiger partial charge on any atom is 0.245 e. The summed E-state index contributed by atoms with van der Waals surface area (Å²) in [5, 5.41) is 2.72. The zero-order valence-electron chi connectivity index (χ0n) is 38.3.